The van der Waals surface area contributed by atoms with E-state index in [0.29, 0.717) is 18.6 Å². The first-order valence-electron chi connectivity index (χ1n) is 12.2. The number of carbonyl (C=O) groups excluding carboxylic acids is 2. The summed E-state index contributed by atoms with van der Waals surface area (Å²) in [5.74, 6) is 0.108. The summed E-state index contributed by atoms with van der Waals surface area (Å²) in [6, 6.07) is 0. The normalized spacial score (nSPS) is 16.4. The van der Waals surface area contributed by atoms with E-state index in [9.17, 15) is 9.59 Å². The Morgan fingerprint density at radius 1 is 0.793 bits per heavy atom. The molecule has 0 aromatic heterocycles. The van der Waals surface area contributed by atoms with Gasteiger partial charge in [0.25, 0.3) is 0 Å². The van der Waals surface area contributed by atoms with Crippen molar-refractivity contribution in [2.24, 2.45) is 0 Å². The SMILES string of the molecule is CCCCCCCCCCCCCCCCCC(=O)OC1=C(CC)OC(C)C1=O. The Kier molecular flexibility index (Phi) is 14.6. The van der Waals surface area contributed by atoms with Crippen LogP contribution in [0.2, 0.25) is 0 Å². The van der Waals surface area contributed by atoms with Crippen LogP contribution in [0.1, 0.15) is 130 Å². The van der Waals surface area contributed by atoms with Crippen molar-refractivity contribution in [3.05, 3.63) is 11.5 Å². The van der Waals surface area contributed by atoms with E-state index < -0.39 is 6.10 Å². The molecule has 4 nitrogen and oxygen atoms in total. The molecule has 0 fully saturated rings. The van der Waals surface area contributed by atoms with Crippen LogP contribution in [0, 0.1) is 0 Å². The van der Waals surface area contributed by atoms with Crippen molar-refractivity contribution in [3.63, 3.8) is 0 Å². The number of allylic oxidation sites excluding steroid dienone is 1. The van der Waals surface area contributed by atoms with Crippen molar-refractivity contribution in [1.82, 2.24) is 0 Å². The molecule has 1 rings (SSSR count). The first-order valence-corrected chi connectivity index (χ1v) is 12.2. The second-order valence-electron chi connectivity index (χ2n) is 8.40. The highest BCUT2D eigenvalue weighted by molar-refractivity contribution is 6.00. The number of hydrogen-bond acceptors (Lipinski definition) is 4. The molecule has 0 saturated heterocycles. The van der Waals surface area contributed by atoms with E-state index in [2.05, 4.69) is 6.92 Å². The van der Waals surface area contributed by atoms with Crippen LogP contribution < -0.4 is 0 Å². The summed E-state index contributed by atoms with van der Waals surface area (Å²) in [5.41, 5.74) is 0. The van der Waals surface area contributed by atoms with Crippen LogP contribution in [0.15, 0.2) is 11.5 Å². The zero-order valence-corrected chi connectivity index (χ0v) is 19.2. The second kappa shape index (κ2) is 16.5. The fourth-order valence-electron chi connectivity index (χ4n) is 3.80. The number of Topliss-reactive ketones (excluding diaryl/α,β-unsaturated/α-hetero) is 1. The molecule has 0 saturated carbocycles. The zero-order valence-electron chi connectivity index (χ0n) is 19.2. The first-order chi connectivity index (χ1) is 14.1. The first kappa shape index (κ1) is 25.7. The van der Waals surface area contributed by atoms with Crippen LogP contribution >= 0.6 is 0 Å². The summed E-state index contributed by atoms with van der Waals surface area (Å²) >= 11 is 0. The largest absolute Gasteiger partial charge is 0.483 e. The van der Waals surface area contributed by atoms with Gasteiger partial charge in [0.15, 0.2) is 6.10 Å². The standard InChI is InChI=1S/C25H44O4/c1-4-6-7-8-9-10-11-12-13-14-15-16-17-18-19-20-23(26)29-25-22(5-2)28-21(3)24(25)27/h21H,4-20H2,1-3H3. The lowest BCUT2D eigenvalue weighted by molar-refractivity contribution is -0.142. The molecule has 0 bridgehead atoms. The zero-order chi connectivity index (χ0) is 21.3. The third-order valence-corrected chi connectivity index (χ3v) is 5.69. The predicted octanol–water partition coefficient (Wildman–Crippen LogP) is 7.40. The van der Waals surface area contributed by atoms with Crippen LogP contribution in [0.4, 0.5) is 0 Å². The van der Waals surface area contributed by atoms with E-state index in [-0.39, 0.29) is 17.5 Å². The number of rotatable bonds is 18. The lowest BCUT2D eigenvalue weighted by Crippen LogP contribution is -2.16. The van der Waals surface area contributed by atoms with Gasteiger partial charge >= 0.3 is 5.97 Å². The molecule has 168 valence electrons. The van der Waals surface area contributed by atoms with E-state index in [1.54, 1.807) is 6.92 Å². The molecule has 0 N–H and O–H groups in total. The summed E-state index contributed by atoms with van der Waals surface area (Å²) < 4.78 is 10.7. The highest BCUT2D eigenvalue weighted by atomic mass is 16.6. The van der Waals surface area contributed by atoms with Crippen LogP contribution in [-0.4, -0.2) is 17.9 Å². The number of carbonyl (C=O) groups is 2. The second-order valence-corrected chi connectivity index (χ2v) is 8.40. The van der Waals surface area contributed by atoms with Gasteiger partial charge in [0.05, 0.1) is 0 Å². The minimum Gasteiger partial charge on any atom is -0.483 e. The molecule has 0 aromatic carbocycles. The Labute approximate surface area is 178 Å². The van der Waals surface area contributed by atoms with Crippen LogP contribution in [0.3, 0.4) is 0 Å². The van der Waals surface area contributed by atoms with Gasteiger partial charge in [-0.25, -0.2) is 0 Å². The van der Waals surface area contributed by atoms with Gasteiger partial charge in [0, 0.05) is 12.8 Å². The molecule has 0 spiro atoms. The highest BCUT2D eigenvalue weighted by Gasteiger charge is 2.33. The molecule has 4 heteroatoms. The average Bonchev–Trinajstić information content (AvgIpc) is 2.98. The molecular weight excluding hydrogens is 364 g/mol. The Morgan fingerprint density at radius 2 is 1.24 bits per heavy atom. The van der Waals surface area contributed by atoms with Crippen LogP contribution in [0.5, 0.6) is 0 Å². The maximum Gasteiger partial charge on any atom is 0.311 e. The summed E-state index contributed by atoms with van der Waals surface area (Å²) in [7, 11) is 0. The summed E-state index contributed by atoms with van der Waals surface area (Å²) in [6.45, 7) is 5.85. The van der Waals surface area contributed by atoms with E-state index in [1.165, 1.54) is 83.5 Å². The summed E-state index contributed by atoms with van der Waals surface area (Å²) in [5, 5.41) is 0. The topological polar surface area (TPSA) is 52.6 Å². The monoisotopic (exact) mass is 408 g/mol. The molecule has 29 heavy (non-hydrogen) atoms. The molecule has 0 aromatic rings. The number of esters is 1. The molecule has 1 heterocycles. The van der Waals surface area contributed by atoms with Gasteiger partial charge in [-0.3, -0.25) is 9.59 Å². The molecule has 0 aliphatic carbocycles. The summed E-state index contributed by atoms with van der Waals surface area (Å²) in [6.07, 6.45) is 19.9. The Hall–Kier alpha value is -1.32. The smallest absolute Gasteiger partial charge is 0.311 e. The number of ketones is 1. The molecule has 1 aliphatic heterocycles. The Bertz CT molecular complexity index is 495. The molecular formula is C25H44O4. The maximum atomic E-state index is 12.0. The fraction of sp³-hybridized carbons (Fsp3) is 0.840. The van der Waals surface area contributed by atoms with Gasteiger partial charge in [-0.1, -0.05) is 104 Å². The van der Waals surface area contributed by atoms with Crippen LogP contribution in [0.25, 0.3) is 0 Å². The molecule has 1 aliphatic rings. The molecule has 1 atom stereocenters. The minimum absolute atomic E-state index is 0.131. The molecule has 0 amide bonds. The lowest BCUT2D eigenvalue weighted by Gasteiger charge is -2.05. The lowest BCUT2D eigenvalue weighted by atomic mass is 10.0. The molecule has 0 radical (unpaired) electrons. The van der Waals surface area contributed by atoms with Crippen molar-refractivity contribution in [2.45, 2.75) is 136 Å². The van der Waals surface area contributed by atoms with Crippen molar-refractivity contribution in [1.29, 1.82) is 0 Å². The van der Waals surface area contributed by atoms with E-state index in [4.69, 9.17) is 9.47 Å². The van der Waals surface area contributed by atoms with E-state index in [0.717, 1.165) is 12.8 Å². The Morgan fingerprint density at radius 3 is 1.69 bits per heavy atom. The van der Waals surface area contributed by atoms with Gasteiger partial charge in [-0.2, -0.15) is 0 Å². The van der Waals surface area contributed by atoms with Crippen molar-refractivity contribution >= 4 is 11.8 Å². The van der Waals surface area contributed by atoms with Crippen molar-refractivity contribution < 1.29 is 19.1 Å². The van der Waals surface area contributed by atoms with Crippen molar-refractivity contribution in [3.8, 4) is 0 Å². The number of ether oxygens (including phenoxy) is 2. The molecule has 1 unspecified atom stereocenters. The summed E-state index contributed by atoms with van der Waals surface area (Å²) in [4.78, 5) is 23.9. The van der Waals surface area contributed by atoms with Gasteiger partial charge in [0.1, 0.15) is 5.76 Å². The quantitative estimate of drug-likeness (QED) is 0.175. The fourth-order valence-corrected chi connectivity index (χ4v) is 3.80. The van der Waals surface area contributed by atoms with Crippen LogP contribution in [-0.2, 0) is 19.1 Å². The van der Waals surface area contributed by atoms with E-state index in [1.807, 2.05) is 6.92 Å². The van der Waals surface area contributed by atoms with Gasteiger partial charge < -0.3 is 9.47 Å². The highest BCUT2D eigenvalue weighted by Crippen LogP contribution is 2.25. The number of unbranched alkanes of at least 4 members (excludes halogenated alkanes) is 14. The minimum atomic E-state index is -0.529. The van der Waals surface area contributed by atoms with Gasteiger partial charge in [0.2, 0.25) is 11.5 Å². The van der Waals surface area contributed by atoms with E-state index >= 15 is 0 Å². The van der Waals surface area contributed by atoms with Crippen molar-refractivity contribution in [2.75, 3.05) is 0 Å². The third-order valence-electron chi connectivity index (χ3n) is 5.69. The average molecular weight is 409 g/mol. The predicted molar refractivity (Wildman–Crippen MR) is 119 cm³/mol. The maximum absolute atomic E-state index is 12.0. The number of hydrogen-bond donors (Lipinski definition) is 0. The van der Waals surface area contributed by atoms with Gasteiger partial charge in [-0.15, -0.1) is 0 Å². The van der Waals surface area contributed by atoms with Gasteiger partial charge in [-0.05, 0) is 13.3 Å². The Balaban J connectivity index is 1.91. The third kappa shape index (κ3) is 11.4.